The van der Waals surface area contributed by atoms with Gasteiger partial charge in [0.15, 0.2) is 0 Å². The standard InChI is InChI=1S/C11H25NO/c1-6-7-10(12-4)8-9-11(2,3)13-5/h10,12H,6-9H2,1-5H3. The van der Waals surface area contributed by atoms with Gasteiger partial charge in [-0.05, 0) is 40.2 Å². The van der Waals surface area contributed by atoms with E-state index in [-0.39, 0.29) is 5.60 Å². The third kappa shape index (κ3) is 6.05. The smallest absolute Gasteiger partial charge is 0.0623 e. The van der Waals surface area contributed by atoms with Gasteiger partial charge < -0.3 is 10.1 Å². The minimum absolute atomic E-state index is 0.0306. The Morgan fingerprint density at radius 1 is 1.31 bits per heavy atom. The zero-order chi connectivity index (χ0) is 10.3. The van der Waals surface area contributed by atoms with E-state index < -0.39 is 0 Å². The van der Waals surface area contributed by atoms with Crippen molar-refractivity contribution in [1.29, 1.82) is 0 Å². The average molecular weight is 187 g/mol. The lowest BCUT2D eigenvalue weighted by atomic mass is 9.97. The van der Waals surface area contributed by atoms with E-state index in [9.17, 15) is 0 Å². The van der Waals surface area contributed by atoms with Gasteiger partial charge in [0.05, 0.1) is 5.60 Å². The predicted molar refractivity (Wildman–Crippen MR) is 58.1 cm³/mol. The SMILES string of the molecule is CCCC(CCC(C)(C)OC)NC. The lowest BCUT2D eigenvalue weighted by Gasteiger charge is -2.25. The summed E-state index contributed by atoms with van der Waals surface area (Å²) in [5, 5.41) is 3.34. The lowest BCUT2D eigenvalue weighted by Crippen LogP contribution is -2.30. The topological polar surface area (TPSA) is 21.3 Å². The molecule has 80 valence electrons. The summed E-state index contributed by atoms with van der Waals surface area (Å²) in [6, 6.07) is 0.652. The van der Waals surface area contributed by atoms with Crippen LogP contribution in [0.4, 0.5) is 0 Å². The van der Waals surface area contributed by atoms with Crippen molar-refractivity contribution >= 4 is 0 Å². The van der Waals surface area contributed by atoms with Crippen molar-refractivity contribution < 1.29 is 4.74 Å². The molecule has 0 aliphatic carbocycles. The summed E-state index contributed by atoms with van der Waals surface area (Å²) in [5.41, 5.74) is 0.0306. The summed E-state index contributed by atoms with van der Waals surface area (Å²) < 4.78 is 5.38. The Morgan fingerprint density at radius 2 is 1.92 bits per heavy atom. The average Bonchev–Trinajstić information content (AvgIpc) is 2.12. The van der Waals surface area contributed by atoms with Crippen LogP contribution >= 0.6 is 0 Å². The van der Waals surface area contributed by atoms with Crippen molar-refractivity contribution in [3.8, 4) is 0 Å². The van der Waals surface area contributed by atoms with Gasteiger partial charge in [-0.3, -0.25) is 0 Å². The number of hydrogen-bond donors (Lipinski definition) is 1. The quantitative estimate of drug-likeness (QED) is 0.661. The van der Waals surface area contributed by atoms with Crippen molar-refractivity contribution in [3.63, 3.8) is 0 Å². The Hall–Kier alpha value is -0.0800. The van der Waals surface area contributed by atoms with Gasteiger partial charge in [-0.25, -0.2) is 0 Å². The fourth-order valence-electron chi connectivity index (χ4n) is 1.41. The molecule has 0 heterocycles. The first-order valence-electron chi connectivity index (χ1n) is 5.28. The van der Waals surface area contributed by atoms with Gasteiger partial charge in [0.2, 0.25) is 0 Å². The summed E-state index contributed by atoms with van der Waals surface area (Å²) in [7, 11) is 3.83. The van der Waals surface area contributed by atoms with Crippen molar-refractivity contribution in [2.24, 2.45) is 0 Å². The number of methoxy groups -OCH3 is 1. The molecule has 0 fully saturated rings. The third-order valence-electron chi connectivity index (χ3n) is 2.69. The minimum Gasteiger partial charge on any atom is -0.379 e. The first-order chi connectivity index (χ1) is 6.05. The van der Waals surface area contributed by atoms with E-state index in [1.54, 1.807) is 7.11 Å². The van der Waals surface area contributed by atoms with Crippen LogP contribution in [0.5, 0.6) is 0 Å². The first kappa shape index (κ1) is 12.9. The minimum atomic E-state index is 0.0306. The molecule has 1 N–H and O–H groups in total. The molecule has 0 rings (SSSR count). The number of rotatable bonds is 7. The summed E-state index contributed by atoms with van der Waals surface area (Å²) in [4.78, 5) is 0. The van der Waals surface area contributed by atoms with Gasteiger partial charge in [0.25, 0.3) is 0 Å². The maximum Gasteiger partial charge on any atom is 0.0623 e. The van der Waals surface area contributed by atoms with Crippen molar-refractivity contribution in [2.75, 3.05) is 14.2 Å². The summed E-state index contributed by atoms with van der Waals surface area (Å²) >= 11 is 0. The maximum atomic E-state index is 5.38. The van der Waals surface area contributed by atoms with Gasteiger partial charge in [-0.15, -0.1) is 0 Å². The fourth-order valence-corrected chi connectivity index (χ4v) is 1.41. The molecule has 0 saturated carbocycles. The van der Waals surface area contributed by atoms with Crippen LogP contribution in [-0.2, 0) is 4.74 Å². The second-order valence-corrected chi connectivity index (χ2v) is 4.28. The number of nitrogens with one attached hydrogen (secondary N) is 1. The molecule has 0 aromatic rings. The van der Waals surface area contributed by atoms with E-state index >= 15 is 0 Å². The highest BCUT2D eigenvalue weighted by atomic mass is 16.5. The van der Waals surface area contributed by atoms with Crippen LogP contribution in [0, 0.1) is 0 Å². The maximum absolute atomic E-state index is 5.38. The van der Waals surface area contributed by atoms with E-state index in [4.69, 9.17) is 4.74 Å². The van der Waals surface area contributed by atoms with Crippen LogP contribution < -0.4 is 5.32 Å². The molecule has 0 aliphatic rings. The Morgan fingerprint density at radius 3 is 2.31 bits per heavy atom. The zero-order valence-electron chi connectivity index (χ0n) is 9.81. The molecule has 1 unspecified atom stereocenters. The Bertz CT molecular complexity index is 123. The number of hydrogen-bond acceptors (Lipinski definition) is 2. The molecule has 0 spiro atoms. The van der Waals surface area contributed by atoms with Gasteiger partial charge in [-0.2, -0.15) is 0 Å². The molecule has 0 radical (unpaired) electrons. The van der Waals surface area contributed by atoms with Crippen LogP contribution in [0.3, 0.4) is 0 Å². The van der Waals surface area contributed by atoms with Crippen LogP contribution in [0.2, 0.25) is 0 Å². The number of ether oxygens (including phenoxy) is 1. The second-order valence-electron chi connectivity index (χ2n) is 4.28. The molecule has 2 heteroatoms. The summed E-state index contributed by atoms with van der Waals surface area (Å²) in [6.45, 7) is 6.52. The molecular weight excluding hydrogens is 162 g/mol. The van der Waals surface area contributed by atoms with E-state index in [1.807, 2.05) is 7.05 Å². The molecule has 2 nitrogen and oxygen atoms in total. The largest absolute Gasteiger partial charge is 0.379 e. The molecule has 0 bridgehead atoms. The van der Waals surface area contributed by atoms with E-state index in [0.29, 0.717) is 6.04 Å². The van der Waals surface area contributed by atoms with Gasteiger partial charge in [-0.1, -0.05) is 13.3 Å². The van der Waals surface area contributed by atoms with Crippen LogP contribution in [-0.4, -0.2) is 25.8 Å². The highest BCUT2D eigenvalue weighted by Crippen LogP contribution is 2.17. The van der Waals surface area contributed by atoms with Crippen molar-refractivity contribution in [1.82, 2.24) is 5.32 Å². The Kier molecular flexibility index (Phi) is 6.35. The molecule has 0 saturated heterocycles. The Balaban J connectivity index is 3.70. The molecule has 0 aliphatic heterocycles. The molecule has 0 amide bonds. The summed E-state index contributed by atoms with van der Waals surface area (Å²) in [6.07, 6.45) is 4.83. The van der Waals surface area contributed by atoms with Crippen LogP contribution in [0.15, 0.2) is 0 Å². The third-order valence-corrected chi connectivity index (χ3v) is 2.69. The molecule has 1 atom stereocenters. The van der Waals surface area contributed by atoms with Gasteiger partial charge >= 0.3 is 0 Å². The van der Waals surface area contributed by atoms with E-state index in [1.165, 1.54) is 19.3 Å². The highest BCUT2D eigenvalue weighted by Gasteiger charge is 2.17. The fraction of sp³-hybridized carbons (Fsp3) is 1.00. The molecule has 0 aromatic carbocycles. The normalized spacial score (nSPS) is 14.5. The molecule has 0 aromatic heterocycles. The predicted octanol–water partition coefficient (Wildman–Crippen LogP) is 2.58. The van der Waals surface area contributed by atoms with Gasteiger partial charge in [0, 0.05) is 13.2 Å². The van der Waals surface area contributed by atoms with Crippen molar-refractivity contribution in [2.45, 2.75) is 58.1 Å². The Labute approximate surface area is 83.1 Å². The van der Waals surface area contributed by atoms with Crippen LogP contribution in [0.1, 0.15) is 46.5 Å². The highest BCUT2D eigenvalue weighted by molar-refractivity contribution is 4.73. The second kappa shape index (κ2) is 6.39. The van der Waals surface area contributed by atoms with Gasteiger partial charge in [0.1, 0.15) is 0 Å². The molecular formula is C11H25NO. The zero-order valence-corrected chi connectivity index (χ0v) is 9.81. The lowest BCUT2D eigenvalue weighted by molar-refractivity contribution is 0.0117. The van der Waals surface area contributed by atoms with E-state index in [0.717, 1.165) is 6.42 Å². The summed E-state index contributed by atoms with van der Waals surface area (Å²) in [5.74, 6) is 0. The van der Waals surface area contributed by atoms with E-state index in [2.05, 4.69) is 26.1 Å². The van der Waals surface area contributed by atoms with Crippen molar-refractivity contribution in [3.05, 3.63) is 0 Å². The molecule has 13 heavy (non-hydrogen) atoms. The first-order valence-corrected chi connectivity index (χ1v) is 5.28. The monoisotopic (exact) mass is 187 g/mol. The van der Waals surface area contributed by atoms with Crippen LogP contribution in [0.25, 0.3) is 0 Å².